The van der Waals surface area contributed by atoms with Crippen LogP contribution in [-0.4, -0.2) is 24.0 Å². The molecule has 0 aliphatic carbocycles. The van der Waals surface area contributed by atoms with Gasteiger partial charge in [-0.1, -0.05) is 0 Å². The Bertz CT molecular complexity index is 160. The molecule has 0 aromatic carbocycles. The summed E-state index contributed by atoms with van der Waals surface area (Å²) in [5.41, 5.74) is 0. The zero-order valence-electron chi connectivity index (χ0n) is 5.23. The molecule has 1 rings (SSSR count). The van der Waals surface area contributed by atoms with Crippen LogP contribution in [0.3, 0.4) is 0 Å². The van der Waals surface area contributed by atoms with Gasteiger partial charge in [-0.2, -0.15) is 0 Å². The number of carbonyl (C=O) groups excluding carboxylic acids is 1. The summed E-state index contributed by atoms with van der Waals surface area (Å²) >= 11 is 0. The van der Waals surface area contributed by atoms with Gasteiger partial charge in [-0.15, -0.1) is 0 Å². The van der Waals surface area contributed by atoms with Crippen LogP contribution in [0.2, 0.25) is 0 Å². The highest BCUT2D eigenvalue weighted by molar-refractivity contribution is 6.13. The monoisotopic (exact) mass is 142 g/mol. The summed E-state index contributed by atoms with van der Waals surface area (Å²) in [6, 6.07) is 3.27. The van der Waals surface area contributed by atoms with E-state index in [0.29, 0.717) is 12.0 Å². The first-order chi connectivity index (χ1) is 4.85. The van der Waals surface area contributed by atoms with E-state index in [1.54, 1.807) is 12.1 Å². The van der Waals surface area contributed by atoms with Crippen LogP contribution in [0.15, 0.2) is 22.8 Å². The van der Waals surface area contributed by atoms with E-state index in [1.165, 1.54) is 6.26 Å². The average Bonchev–Trinajstić information content (AvgIpc) is 2.39. The Morgan fingerprint density at radius 3 is 2.40 bits per heavy atom. The summed E-state index contributed by atoms with van der Waals surface area (Å²) < 4.78 is 4.61. The highest BCUT2D eigenvalue weighted by atomic mass is 16.4. The fourth-order valence-electron chi connectivity index (χ4n) is 0.358. The molecular formula is C5H7BO4. The van der Waals surface area contributed by atoms with Gasteiger partial charge in [0.05, 0.1) is 6.26 Å². The first-order valence-electron chi connectivity index (χ1n) is 2.55. The van der Waals surface area contributed by atoms with Crippen LogP contribution in [0.4, 0.5) is 0 Å². The molecule has 0 saturated heterocycles. The summed E-state index contributed by atoms with van der Waals surface area (Å²) in [5.74, 6) is 0.375. The fourth-order valence-corrected chi connectivity index (χ4v) is 0.358. The third-order valence-corrected chi connectivity index (χ3v) is 0.659. The Labute approximate surface area is 58.4 Å². The predicted octanol–water partition coefficient (Wildman–Crippen LogP) is -0.670. The van der Waals surface area contributed by atoms with Gasteiger partial charge >= 0.3 is 7.69 Å². The number of carbonyl (C=O) groups is 1. The zero-order chi connectivity index (χ0) is 7.82. The highest BCUT2D eigenvalue weighted by Crippen LogP contribution is 1.92. The zero-order valence-corrected chi connectivity index (χ0v) is 5.23. The van der Waals surface area contributed by atoms with E-state index in [1.807, 2.05) is 0 Å². The van der Waals surface area contributed by atoms with Gasteiger partial charge in [0.2, 0.25) is 0 Å². The smallest absolute Gasteiger partial charge is 0.432 e. The first-order valence-corrected chi connectivity index (χ1v) is 2.55. The number of furan rings is 1. The normalized spacial score (nSPS) is 7.40. The quantitative estimate of drug-likeness (QED) is 0.402. The molecule has 0 atom stereocenters. The van der Waals surface area contributed by atoms with E-state index in [9.17, 15) is 4.79 Å². The third kappa shape index (κ3) is 3.88. The summed E-state index contributed by atoms with van der Waals surface area (Å²) in [4.78, 5) is 9.77. The van der Waals surface area contributed by atoms with E-state index < -0.39 is 7.69 Å². The molecule has 0 aliphatic rings. The Morgan fingerprint density at radius 2 is 2.20 bits per heavy atom. The second-order valence-electron chi connectivity index (χ2n) is 1.27. The summed E-state index contributed by atoms with van der Waals surface area (Å²) in [6.07, 6.45) is 2.13. The lowest BCUT2D eigenvalue weighted by Crippen LogP contribution is -1.75. The van der Waals surface area contributed by atoms with Crippen LogP contribution < -0.4 is 0 Å². The molecule has 2 N–H and O–H groups in total. The maximum absolute atomic E-state index is 9.77. The van der Waals surface area contributed by atoms with Crippen molar-refractivity contribution in [2.45, 2.75) is 0 Å². The van der Waals surface area contributed by atoms with Crippen LogP contribution in [0, 0.1) is 0 Å². The van der Waals surface area contributed by atoms with Gasteiger partial charge in [0.25, 0.3) is 0 Å². The van der Waals surface area contributed by atoms with Crippen LogP contribution >= 0.6 is 0 Å². The van der Waals surface area contributed by atoms with Gasteiger partial charge in [0, 0.05) is 0 Å². The molecule has 1 heterocycles. The van der Waals surface area contributed by atoms with E-state index in [4.69, 9.17) is 10.0 Å². The van der Waals surface area contributed by atoms with E-state index in [2.05, 4.69) is 4.42 Å². The van der Waals surface area contributed by atoms with Crippen molar-refractivity contribution in [2.75, 3.05) is 0 Å². The maximum Gasteiger partial charge on any atom is 0.432 e. The minimum Gasteiger partial charge on any atom is -0.462 e. The number of aldehydes is 1. The molecule has 5 heteroatoms. The summed E-state index contributed by atoms with van der Waals surface area (Å²) in [7, 11) is -0.750. The van der Waals surface area contributed by atoms with Crippen LogP contribution in [-0.2, 0) is 0 Å². The largest absolute Gasteiger partial charge is 0.462 e. The van der Waals surface area contributed by atoms with E-state index in [0.717, 1.165) is 0 Å². The Morgan fingerprint density at radius 1 is 1.60 bits per heavy atom. The number of rotatable bonds is 1. The van der Waals surface area contributed by atoms with Gasteiger partial charge in [-0.25, -0.2) is 0 Å². The molecule has 1 aromatic rings. The molecule has 0 fully saturated rings. The lowest BCUT2D eigenvalue weighted by molar-refractivity contribution is 0.110. The second-order valence-corrected chi connectivity index (χ2v) is 1.27. The SMILES string of the molecule is O=Cc1ccco1.OBO. The van der Waals surface area contributed by atoms with Crippen molar-refractivity contribution in [2.24, 2.45) is 0 Å². The van der Waals surface area contributed by atoms with E-state index >= 15 is 0 Å². The van der Waals surface area contributed by atoms with Crippen LogP contribution in [0.25, 0.3) is 0 Å². The Balaban J connectivity index is 0.000000236. The predicted molar refractivity (Wildman–Crippen MR) is 35.7 cm³/mol. The summed E-state index contributed by atoms with van der Waals surface area (Å²) in [5, 5.41) is 14.2. The Kier molecular flexibility index (Phi) is 5.42. The maximum atomic E-state index is 9.77. The van der Waals surface area contributed by atoms with Crippen molar-refractivity contribution in [3.8, 4) is 0 Å². The molecular weight excluding hydrogens is 135 g/mol. The molecule has 0 unspecified atom stereocenters. The standard InChI is InChI=1S/C5H4O2.BH3O2/c6-4-5-2-1-3-7-5;2-1-3/h1-4H;1-3H. The number of hydrogen-bond acceptors (Lipinski definition) is 4. The van der Waals surface area contributed by atoms with Crippen molar-refractivity contribution >= 4 is 14.0 Å². The lowest BCUT2D eigenvalue weighted by atomic mass is 10.5. The minimum atomic E-state index is -0.750. The first kappa shape index (κ1) is 8.93. The van der Waals surface area contributed by atoms with E-state index in [-0.39, 0.29) is 0 Å². The van der Waals surface area contributed by atoms with Crippen molar-refractivity contribution < 1.29 is 19.3 Å². The average molecular weight is 142 g/mol. The third-order valence-electron chi connectivity index (χ3n) is 0.659. The molecule has 1 aromatic heterocycles. The highest BCUT2D eigenvalue weighted by Gasteiger charge is 1.84. The van der Waals surface area contributed by atoms with Crippen LogP contribution in [0.1, 0.15) is 10.6 Å². The Hall–Kier alpha value is -1.07. The van der Waals surface area contributed by atoms with Gasteiger partial charge in [0.15, 0.2) is 12.0 Å². The van der Waals surface area contributed by atoms with Crippen molar-refractivity contribution in [3.63, 3.8) is 0 Å². The molecule has 10 heavy (non-hydrogen) atoms. The van der Waals surface area contributed by atoms with Crippen LogP contribution in [0.5, 0.6) is 0 Å². The topological polar surface area (TPSA) is 70.7 Å². The van der Waals surface area contributed by atoms with Gasteiger partial charge in [0.1, 0.15) is 0 Å². The molecule has 0 bridgehead atoms. The molecule has 54 valence electrons. The van der Waals surface area contributed by atoms with Gasteiger partial charge < -0.3 is 14.5 Å². The fraction of sp³-hybridized carbons (Fsp3) is 0. The van der Waals surface area contributed by atoms with Crippen molar-refractivity contribution in [1.29, 1.82) is 0 Å². The molecule has 0 amide bonds. The molecule has 0 aliphatic heterocycles. The molecule has 0 spiro atoms. The van der Waals surface area contributed by atoms with Crippen molar-refractivity contribution in [3.05, 3.63) is 24.2 Å². The number of hydrogen-bond donors (Lipinski definition) is 2. The molecule has 0 radical (unpaired) electrons. The lowest BCUT2D eigenvalue weighted by Gasteiger charge is -1.68. The summed E-state index contributed by atoms with van der Waals surface area (Å²) in [6.45, 7) is 0. The molecule has 0 saturated carbocycles. The van der Waals surface area contributed by atoms with Gasteiger partial charge in [-0.3, -0.25) is 4.79 Å². The van der Waals surface area contributed by atoms with Gasteiger partial charge in [-0.05, 0) is 12.1 Å². The molecule has 4 nitrogen and oxygen atoms in total. The van der Waals surface area contributed by atoms with Crippen molar-refractivity contribution in [1.82, 2.24) is 0 Å². The minimum absolute atomic E-state index is 0.375. The second kappa shape index (κ2) is 6.06.